The first kappa shape index (κ1) is 11.2. The zero-order chi connectivity index (χ0) is 11.5. The minimum absolute atomic E-state index is 0.0846. The van der Waals surface area contributed by atoms with E-state index in [1.807, 2.05) is 0 Å². The number of hydrazine groups is 1. The molecule has 1 aromatic carbocycles. The Bertz CT molecular complexity index is 467. The SMILES string of the molecule is Cc1ccc(C)c(C(NN)c2cnsn2)c1. The standard InChI is InChI=1S/C11H14N4S/c1-7-3-4-8(2)9(5-7)11(14-12)10-6-13-16-15-10/h3-6,11,14H,12H2,1-2H3. The fraction of sp³-hybridized carbons (Fsp3) is 0.273. The average molecular weight is 234 g/mol. The van der Waals surface area contributed by atoms with Gasteiger partial charge in [-0.15, -0.1) is 0 Å². The Morgan fingerprint density at radius 1 is 1.38 bits per heavy atom. The van der Waals surface area contributed by atoms with E-state index in [1.54, 1.807) is 6.20 Å². The molecule has 2 aromatic rings. The lowest BCUT2D eigenvalue weighted by Gasteiger charge is -2.16. The van der Waals surface area contributed by atoms with E-state index < -0.39 is 0 Å². The molecule has 0 aliphatic carbocycles. The second kappa shape index (κ2) is 4.69. The Hall–Kier alpha value is -1.30. The van der Waals surface area contributed by atoms with Gasteiger partial charge in [0.05, 0.1) is 29.7 Å². The molecule has 0 amide bonds. The lowest BCUT2D eigenvalue weighted by Crippen LogP contribution is -2.29. The lowest BCUT2D eigenvalue weighted by atomic mass is 9.97. The maximum atomic E-state index is 5.60. The van der Waals surface area contributed by atoms with Crippen LogP contribution in [-0.4, -0.2) is 8.75 Å². The third-order valence-electron chi connectivity index (χ3n) is 2.59. The third kappa shape index (κ3) is 2.11. The van der Waals surface area contributed by atoms with Crippen LogP contribution in [0.2, 0.25) is 0 Å². The molecule has 0 saturated heterocycles. The van der Waals surface area contributed by atoms with Crippen molar-refractivity contribution < 1.29 is 0 Å². The Morgan fingerprint density at radius 2 is 2.19 bits per heavy atom. The molecule has 1 heterocycles. The highest BCUT2D eigenvalue weighted by Gasteiger charge is 2.17. The highest BCUT2D eigenvalue weighted by molar-refractivity contribution is 6.99. The average Bonchev–Trinajstić information content (AvgIpc) is 2.78. The largest absolute Gasteiger partial charge is 0.271 e. The van der Waals surface area contributed by atoms with Crippen LogP contribution in [-0.2, 0) is 0 Å². The maximum absolute atomic E-state index is 5.60. The normalized spacial score (nSPS) is 12.7. The van der Waals surface area contributed by atoms with Crippen LogP contribution in [0.25, 0.3) is 0 Å². The minimum atomic E-state index is -0.0846. The van der Waals surface area contributed by atoms with E-state index >= 15 is 0 Å². The quantitative estimate of drug-likeness (QED) is 0.627. The third-order valence-corrected chi connectivity index (χ3v) is 3.08. The summed E-state index contributed by atoms with van der Waals surface area (Å²) in [5.74, 6) is 5.60. The summed E-state index contributed by atoms with van der Waals surface area (Å²) in [4.78, 5) is 0. The summed E-state index contributed by atoms with van der Waals surface area (Å²) in [5.41, 5.74) is 7.21. The van der Waals surface area contributed by atoms with Crippen molar-refractivity contribution in [1.82, 2.24) is 14.2 Å². The highest BCUT2D eigenvalue weighted by atomic mass is 32.1. The molecule has 1 atom stereocenters. The molecule has 0 radical (unpaired) electrons. The zero-order valence-corrected chi connectivity index (χ0v) is 10.1. The van der Waals surface area contributed by atoms with Gasteiger partial charge in [-0.05, 0) is 25.0 Å². The summed E-state index contributed by atoms with van der Waals surface area (Å²) >= 11 is 1.19. The van der Waals surface area contributed by atoms with Gasteiger partial charge < -0.3 is 0 Å². The monoisotopic (exact) mass is 234 g/mol. The van der Waals surface area contributed by atoms with Gasteiger partial charge in [0.1, 0.15) is 0 Å². The van der Waals surface area contributed by atoms with Gasteiger partial charge in [0.2, 0.25) is 0 Å². The number of nitrogens with one attached hydrogen (secondary N) is 1. The van der Waals surface area contributed by atoms with Gasteiger partial charge in [-0.1, -0.05) is 23.8 Å². The predicted molar refractivity (Wildman–Crippen MR) is 65.0 cm³/mol. The van der Waals surface area contributed by atoms with Gasteiger partial charge >= 0.3 is 0 Å². The Kier molecular flexibility index (Phi) is 3.28. The van der Waals surface area contributed by atoms with Crippen LogP contribution < -0.4 is 11.3 Å². The fourth-order valence-electron chi connectivity index (χ4n) is 1.70. The van der Waals surface area contributed by atoms with Gasteiger partial charge in [0.15, 0.2) is 0 Å². The topological polar surface area (TPSA) is 63.8 Å². The lowest BCUT2D eigenvalue weighted by molar-refractivity contribution is 0.622. The molecule has 0 fully saturated rings. The number of rotatable bonds is 3. The fourth-order valence-corrected chi connectivity index (χ4v) is 2.15. The first-order valence-electron chi connectivity index (χ1n) is 5.03. The molecular weight excluding hydrogens is 220 g/mol. The molecule has 1 aromatic heterocycles. The van der Waals surface area contributed by atoms with Crippen LogP contribution in [0.1, 0.15) is 28.4 Å². The van der Waals surface area contributed by atoms with Gasteiger partial charge in [0.25, 0.3) is 0 Å². The molecular formula is C11H14N4S. The Labute approximate surface area is 98.8 Å². The second-order valence-corrected chi connectivity index (χ2v) is 4.35. The molecule has 0 bridgehead atoms. The van der Waals surface area contributed by atoms with E-state index in [1.165, 1.54) is 22.9 Å². The van der Waals surface area contributed by atoms with E-state index in [4.69, 9.17) is 5.84 Å². The first-order valence-corrected chi connectivity index (χ1v) is 5.76. The zero-order valence-electron chi connectivity index (χ0n) is 9.27. The molecule has 84 valence electrons. The van der Waals surface area contributed by atoms with E-state index in [0.717, 1.165) is 11.3 Å². The number of aromatic nitrogens is 2. The van der Waals surface area contributed by atoms with Crippen LogP contribution in [0.4, 0.5) is 0 Å². The number of hydrogen-bond acceptors (Lipinski definition) is 5. The molecule has 1 unspecified atom stereocenters. The molecule has 0 aliphatic heterocycles. The molecule has 2 rings (SSSR count). The van der Waals surface area contributed by atoms with Crippen molar-refractivity contribution in [3.8, 4) is 0 Å². The van der Waals surface area contributed by atoms with Crippen molar-refractivity contribution in [3.05, 3.63) is 46.8 Å². The molecule has 4 nitrogen and oxygen atoms in total. The molecule has 5 heteroatoms. The number of aryl methyl sites for hydroxylation is 2. The van der Waals surface area contributed by atoms with Crippen LogP contribution in [0.3, 0.4) is 0 Å². The van der Waals surface area contributed by atoms with Crippen molar-refractivity contribution in [2.45, 2.75) is 19.9 Å². The molecule has 0 spiro atoms. The highest BCUT2D eigenvalue weighted by Crippen LogP contribution is 2.23. The summed E-state index contributed by atoms with van der Waals surface area (Å²) in [6, 6.07) is 6.22. The number of benzene rings is 1. The summed E-state index contributed by atoms with van der Waals surface area (Å²) in [6.45, 7) is 4.13. The van der Waals surface area contributed by atoms with Crippen LogP contribution >= 0.6 is 11.7 Å². The molecule has 0 aliphatic rings. The number of nitrogens with two attached hydrogens (primary N) is 1. The molecule has 3 N–H and O–H groups in total. The van der Waals surface area contributed by atoms with E-state index in [2.05, 4.69) is 46.2 Å². The Balaban J connectivity index is 2.44. The van der Waals surface area contributed by atoms with Crippen LogP contribution in [0.5, 0.6) is 0 Å². The smallest absolute Gasteiger partial charge is 0.0970 e. The minimum Gasteiger partial charge on any atom is -0.271 e. The van der Waals surface area contributed by atoms with E-state index in [9.17, 15) is 0 Å². The van der Waals surface area contributed by atoms with Gasteiger partial charge in [0, 0.05) is 0 Å². The maximum Gasteiger partial charge on any atom is 0.0970 e. The predicted octanol–water partition coefficient (Wildman–Crippen LogP) is 1.71. The summed E-state index contributed by atoms with van der Waals surface area (Å²) in [7, 11) is 0. The van der Waals surface area contributed by atoms with Crippen LogP contribution in [0.15, 0.2) is 24.4 Å². The summed E-state index contributed by atoms with van der Waals surface area (Å²) in [5, 5.41) is 0. The van der Waals surface area contributed by atoms with Crippen molar-refractivity contribution >= 4 is 11.7 Å². The van der Waals surface area contributed by atoms with E-state index in [-0.39, 0.29) is 6.04 Å². The summed E-state index contributed by atoms with van der Waals surface area (Å²) in [6.07, 6.45) is 1.75. The van der Waals surface area contributed by atoms with Crippen molar-refractivity contribution in [2.24, 2.45) is 5.84 Å². The van der Waals surface area contributed by atoms with Crippen LogP contribution in [0, 0.1) is 13.8 Å². The van der Waals surface area contributed by atoms with Gasteiger partial charge in [-0.3, -0.25) is 5.84 Å². The number of hydrogen-bond donors (Lipinski definition) is 2. The molecule has 0 saturated carbocycles. The van der Waals surface area contributed by atoms with Crippen molar-refractivity contribution in [1.29, 1.82) is 0 Å². The molecule has 16 heavy (non-hydrogen) atoms. The van der Waals surface area contributed by atoms with Gasteiger partial charge in [-0.2, -0.15) is 8.75 Å². The number of nitrogens with zero attached hydrogens (tertiary/aromatic N) is 2. The van der Waals surface area contributed by atoms with Gasteiger partial charge in [-0.25, -0.2) is 5.43 Å². The van der Waals surface area contributed by atoms with Crippen molar-refractivity contribution in [3.63, 3.8) is 0 Å². The summed E-state index contributed by atoms with van der Waals surface area (Å²) < 4.78 is 8.23. The first-order chi connectivity index (χ1) is 7.72. The van der Waals surface area contributed by atoms with E-state index in [0.29, 0.717) is 0 Å². The van der Waals surface area contributed by atoms with Crippen molar-refractivity contribution in [2.75, 3.05) is 0 Å². The Morgan fingerprint density at radius 3 is 2.81 bits per heavy atom. The second-order valence-electron chi connectivity index (χ2n) is 3.79.